The zero-order valence-electron chi connectivity index (χ0n) is 16.5. The molecular formula is C23H23N3O4. The second-order valence-corrected chi connectivity index (χ2v) is 7.72. The molecule has 0 spiro atoms. The van der Waals surface area contributed by atoms with E-state index >= 15 is 0 Å². The summed E-state index contributed by atoms with van der Waals surface area (Å²) in [6, 6.07) is 13.4. The van der Waals surface area contributed by atoms with Crippen LogP contribution in [0.3, 0.4) is 0 Å². The first-order valence-corrected chi connectivity index (χ1v) is 10.2. The third kappa shape index (κ3) is 3.96. The topological polar surface area (TPSA) is 95.6 Å². The molecule has 0 radical (unpaired) electrons. The first kappa shape index (κ1) is 19.8. The van der Waals surface area contributed by atoms with Crippen molar-refractivity contribution in [3.63, 3.8) is 0 Å². The Bertz CT molecular complexity index is 976. The first-order valence-electron chi connectivity index (χ1n) is 10.2. The van der Waals surface area contributed by atoms with Crippen LogP contribution in [0.5, 0.6) is 0 Å². The van der Waals surface area contributed by atoms with Crippen LogP contribution in [-0.2, 0) is 11.3 Å². The van der Waals surface area contributed by atoms with Gasteiger partial charge in [-0.1, -0.05) is 43.5 Å². The van der Waals surface area contributed by atoms with Gasteiger partial charge in [-0.3, -0.25) is 34.9 Å². The van der Waals surface area contributed by atoms with Crippen LogP contribution in [0.1, 0.15) is 68.7 Å². The van der Waals surface area contributed by atoms with Crippen molar-refractivity contribution in [1.29, 1.82) is 0 Å². The average molecular weight is 405 g/mol. The largest absolute Gasteiger partial charge is 0.273 e. The van der Waals surface area contributed by atoms with Gasteiger partial charge in [-0.2, -0.15) is 0 Å². The van der Waals surface area contributed by atoms with Crippen molar-refractivity contribution in [3.8, 4) is 0 Å². The number of benzene rings is 2. The number of fused-ring (bicyclic) bond motifs is 1. The summed E-state index contributed by atoms with van der Waals surface area (Å²) in [5, 5.41) is 0. The van der Waals surface area contributed by atoms with E-state index in [9.17, 15) is 19.2 Å². The minimum atomic E-state index is -0.441. The van der Waals surface area contributed by atoms with Gasteiger partial charge in [0.15, 0.2) is 0 Å². The number of hydrogen-bond donors (Lipinski definition) is 2. The van der Waals surface area contributed by atoms with Gasteiger partial charge < -0.3 is 0 Å². The molecule has 1 heterocycles. The lowest BCUT2D eigenvalue weighted by atomic mass is 9.89. The Morgan fingerprint density at radius 2 is 1.53 bits per heavy atom. The van der Waals surface area contributed by atoms with Crippen LogP contribution in [-0.4, -0.2) is 28.5 Å². The van der Waals surface area contributed by atoms with Crippen LogP contribution in [0.2, 0.25) is 0 Å². The monoisotopic (exact) mass is 405 g/mol. The van der Waals surface area contributed by atoms with Gasteiger partial charge in [0.25, 0.3) is 17.7 Å². The number of nitrogens with zero attached hydrogens (tertiary/aromatic N) is 1. The molecule has 2 aliphatic rings. The fourth-order valence-corrected chi connectivity index (χ4v) is 4.03. The maximum Gasteiger partial charge on any atom is 0.269 e. The lowest BCUT2D eigenvalue weighted by Gasteiger charge is -2.20. The van der Waals surface area contributed by atoms with E-state index in [0.29, 0.717) is 22.3 Å². The molecule has 0 bridgehead atoms. The van der Waals surface area contributed by atoms with Gasteiger partial charge in [-0.05, 0) is 42.7 Å². The van der Waals surface area contributed by atoms with Gasteiger partial charge in [-0.25, -0.2) is 0 Å². The van der Waals surface area contributed by atoms with Crippen molar-refractivity contribution in [1.82, 2.24) is 15.8 Å². The second-order valence-electron chi connectivity index (χ2n) is 7.72. The Labute approximate surface area is 174 Å². The first-order chi connectivity index (χ1) is 14.5. The maximum absolute atomic E-state index is 12.5. The summed E-state index contributed by atoms with van der Waals surface area (Å²) in [7, 11) is 0. The zero-order valence-corrected chi connectivity index (χ0v) is 16.5. The van der Waals surface area contributed by atoms with Crippen LogP contribution in [0.15, 0.2) is 48.5 Å². The number of rotatable bonds is 4. The molecule has 1 fully saturated rings. The van der Waals surface area contributed by atoms with Crippen molar-refractivity contribution in [2.45, 2.75) is 38.6 Å². The fraction of sp³-hybridized carbons (Fsp3) is 0.304. The van der Waals surface area contributed by atoms with Gasteiger partial charge in [0, 0.05) is 11.5 Å². The molecule has 4 amide bonds. The predicted octanol–water partition coefficient (Wildman–Crippen LogP) is 2.82. The van der Waals surface area contributed by atoms with Crippen LogP contribution in [0.25, 0.3) is 0 Å². The summed E-state index contributed by atoms with van der Waals surface area (Å²) < 4.78 is 0. The number of hydrazine groups is 1. The SMILES string of the molecule is O=C(NNC(=O)C1CCCCC1)c1cccc(CN2C(=O)c3ccccc3C2=O)c1. The molecular weight excluding hydrogens is 382 g/mol. The van der Waals surface area contributed by atoms with Crippen LogP contribution in [0, 0.1) is 5.92 Å². The number of imide groups is 1. The molecule has 1 saturated carbocycles. The Hall–Kier alpha value is -3.48. The molecule has 2 aromatic rings. The van der Waals surface area contributed by atoms with E-state index < -0.39 is 5.91 Å². The fourth-order valence-electron chi connectivity index (χ4n) is 4.03. The molecule has 0 unspecified atom stereocenters. The normalized spacial score (nSPS) is 16.3. The molecule has 7 heteroatoms. The molecule has 2 N–H and O–H groups in total. The van der Waals surface area contributed by atoms with Gasteiger partial charge in [0.05, 0.1) is 17.7 Å². The van der Waals surface area contributed by atoms with Crippen molar-refractivity contribution in [3.05, 3.63) is 70.8 Å². The van der Waals surface area contributed by atoms with Crippen LogP contribution >= 0.6 is 0 Å². The summed E-state index contributed by atoms with van der Waals surface area (Å²) in [4.78, 5) is 50.9. The summed E-state index contributed by atoms with van der Waals surface area (Å²) in [6.45, 7) is 0.0713. The second kappa shape index (κ2) is 8.49. The van der Waals surface area contributed by atoms with Gasteiger partial charge >= 0.3 is 0 Å². The highest BCUT2D eigenvalue weighted by Crippen LogP contribution is 2.25. The van der Waals surface area contributed by atoms with Gasteiger partial charge in [0.1, 0.15) is 0 Å². The lowest BCUT2D eigenvalue weighted by Crippen LogP contribution is -2.45. The Kier molecular flexibility index (Phi) is 5.61. The van der Waals surface area contributed by atoms with Crippen LogP contribution < -0.4 is 10.9 Å². The highest BCUT2D eigenvalue weighted by Gasteiger charge is 2.35. The quantitative estimate of drug-likeness (QED) is 0.604. The summed E-state index contributed by atoms with van der Waals surface area (Å²) in [5.41, 5.74) is 6.75. The number of hydrogen-bond acceptors (Lipinski definition) is 4. The Balaban J connectivity index is 1.39. The van der Waals surface area contributed by atoms with E-state index in [2.05, 4.69) is 10.9 Å². The minimum Gasteiger partial charge on any atom is -0.273 e. The summed E-state index contributed by atoms with van der Waals surface area (Å²) in [6.07, 6.45) is 4.91. The lowest BCUT2D eigenvalue weighted by molar-refractivity contribution is -0.126. The van der Waals surface area contributed by atoms with Crippen molar-refractivity contribution in [2.75, 3.05) is 0 Å². The molecule has 4 rings (SSSR count). The Morgan fingerprint density at radius 3 is 2.20 bits per heavy atom. The predicted molar refractivity (Wildman–Crippen MR) is 109 cm³/mol. The highest BCUT2D eigenvalue weighted by molar-refractivity contribution is 6.21. The summed E-state index contributed by atoms with van der Waals surface area (Å²) in [5.74, 6) is -1.34. The average Bonchev–Trinajstić information content (AvgIpc) is 3.03. The third-order valence-corrected chi connectivity index (χ3v) is 5.68. The Morgan fingerprint density at radius 1 is 0.867 bits per heavy atom. The van der Waals surface area contributed by atoms with Gasteiger partial charge in [0.2, 0.25) is 5.91 Å². The smallest absolute Gasteiger partial charge is 0.269 e. The van der Waals surface area contributed by atoms with E-state index in [1.807, 2.05) is 0 Å². The highest BCUT2D eigenvalue weighted by atomic mass is 16.2. The molecule has 7 nitrogen and oxygen atoms in total. The third-order valence-electron chi connectivity index (χ3n) is 5.68. The van der Waals surface area contributed by atoms with E-state index in [0.717, 1.165) is 32.1 Å². The molecule has 0 saturated heterocycles. The molecule has 2 aromatic carbocycles. The summed E-state index contributed by atoms with van der Waals surface area (Å²) >= 11 is 0. The van der Waals surface area contributed by atoms with E-state index in [1.165, 1.54) is 4.90 Å². The number of carbonyl (C=O) groups is 4. The maximum atomic E-state index is 12.5. The van der Waals surface area contributed by atoms with E-state index in [4.69, 9.17) is 0 Å². The molecule has 1 aliphatic heterocycles. The van der Waals surface area contributed by atoms with Gasteiger partial charge in [-0.15, -0.1) is 0 Å². The van der Waals surface area contributed by atoms with Crippen molar-refractivity contribution >= 4 is 23.6 Å². The standard InChI is InChI=1S/C23H23N3O4/c27-20(16-8-2-1-3-9-16)24-25-21(28)17-10-6-7-15(13-17)14-26-22(29)18-11-4-5-12-19(18)23(26)30/h4-7,10-13,16H,1-3,8-9,14H2,(H,24,27)(H,25,28). The molecule has 30 heavy (non-hydrogen) atoms. The molecule has 0 atom stereocenters. The number of carbonyl (C=O) groups excluding carboxylic acids is 4. The minimum absolute atomic E-state index is 0.0563. The van der Waals surface area contributed by atoms with E-state index in [1.54, 1.807) is 48.5 Å². The molecule has 0 aromatic heterocycles. The zero-order chi connectivity index (χ0) is 21.1. The number of amides is 4. The van der Waals surface area contributed by atoms with Crippen molar-refractivity contribution in [2.24, 2.45) is 5.92 Å². The molecule has 154 valence electrons. The molecule has 1 aliphatic carbocycles. The van der Waals surface area contributed by atoms with Crippen LogP contribution in [0.4, 0.5) is 0 Å². The van der Waals surface area contributed by atoms with Crippen molar-refractivity contribution < 1.29 is 19.2 Å². The van der Waals surface area contributed by atoms with E-state index in [-0.39, 0.29) is 30.2 Å². The number of nitrogens with one attached hydrogen (secondary N) is 2.